The minimum Gasteiger partial charge on any atom is -0.326 e. The van der Waals surface area contributed by atoms with E-state index >= 15 is 0 Å². The van der Waals surface area contributed by atoms with Gasteiger partial charge in [0.05, 0.1) is 0 Å². The van der Waals surface area contributed by atoms with E-state index in [0.29, 0.717) is 6.54 Å². The third-order valence-electron chi connectivity index (χ3n) is 3.55. The second kappa shape index (κ2) is 5.18. The summed E-state index contributed by atoms with van der Waals surface area (Å²) in [5, 5.41) is 0. The maximum Gasteiger partial charge on any atom is 0.0184 e. The van der Waals surface area contributed by atoms with Gasteiger partial charge in [0.15, 0.2) is 0 Å². The quantitative estimate of drug-likeness (QED) is 0.842. The van der Waals surface area contributed by atoms with Gasteiger partial charge in [-0.1, -0.05) is 68.8 Å². The fraction of sp³-hybridized carbons (Fsp3) is 0.333. The molecular weight excluding hydrogens is 230 g/mol. The van der Waals surface area contributed by atoms with Gasteiger partial charge < -0.3 is 5.73 Å². The Labute approximate surface area is 116 Å². The molecule has 0 atom stereocenters. The zero-order valence-electron chi connectivity index (χ0n) is 12.3. The molecule has 0 aliphatic carbocycles. The summed E-state index contributed by atoms with van der Waals surface area (Å²) >= 11 is 0. The summed E-state index contributed by atoms with van der Waals surface area (Å²) in [5.41, 5.74) is 12.4. The molecule has 2 aromatic carbocycles. The molecule has 0 aliphatic heterocycles. The molecule has 0 spiro atoms. The van der Waals surface area contributed by atoms with E-state index in [1.54, 1.807) is 0 Å². The average Bonchev–Trinajstić information content (AvgIpc) is 2.38. The molecule has 0 radical (unpaired) electrons. The lowest BCUT2D eigenvalue weighted by Crippen LogP contribution is -2.10. The molecule has 0 bridgehead atoms. The van der Waals surface area contributed by atoms with E-state index in [0.717, 1.165) is 0 Å². The van der Waals surface area contributed by atoms with Gasteiger partial charge in [-0.3, -0.25) is 0 Å². The number of benzene rings is 2. The van der Waals surface area contributed by atoms with E-state index in [-0.39, 0.29) is 5.41 Å². The van der Waals surface area contributed by atoms with Crippen molar-refractivity contribution in [2.75, 3.05) is 0 Å². The monoisotopic (exact) mass is 253 g/mol. The van der Waals surface area contributed by atoms with Crippen molar-refractivity contribution in [2.24, 2.45) is 5.73 Å². The van der Waals surface area contributed by atoms with Crippen LogP contribution >= 0.6 is 0 Å². The van der Waals surface area contributed by atoms with E-state index in [1.807, 2.05) is 0 Å². The van der Waals surface area contributed by atoms with E-state index in [2.05, 4.69) is 70.2 Å². The fourth-order valence-corrected chi connectivity index (χ4v) is 2.29. The Bertz CT molecular complexity index is 559. The van der Waals surface area contributed by atoms with Gasteiger partial charge in [0.2, 0.25) is 0 Å². The lowest BCUT2D eigenvalue weighted by molar-refractivity contribution is 0.590. The standard InChI is InChI=1S/C18H23N/c1-13-5-6-15(12-19)17(11-13)14-7-9-16(10-8-14)18(2,3)4/h5-11H,12,19H2,1-4H3. The van der Waals surface area contributed by atoms with Crippen LogP contribution < -0.4 is 5.73 Å². The molecule has 2 rings (SSSR count). The minimum atomic E-state index is 0.196. The van der Waals surface area contributed by atoms with Crippen LogP contribution in [0.1, 0.15) is 37.5 Å². The average molecular weight is 253 g/mol. The third-order valence-corrected chi connectivity index (χ3v) is 3.55. The highest BCUT2D eigenvalue weighted by atomic mass is 14.5. The van der Waals surface area contributed by atoms with Crippen molar-refractivity contribution in [1.82, 2.24) is 0 Å². The highest BCUT2D eigenvalue weighted by Crippen LogP contribution is 2.28. The second-order valence-corrected chi connectivity index (χ2v) is 6.19. The number of hydrogen-bond donors (Lipinski definition) is 1. The van der Waals surface area contributed by atoms with Gasteiger partial charge in [0.25, 0.3) is 0 Å². The van der Waals surface area contributed by atoms with Crippen LogP contribution in [0, 0.1) is 6.92 Å². The first-order valence-corrected chi connectivity index (χ1v) is 6.82. The first-order valence-electron chi connectivity index (χ1n) is 6.82. The molecular formula is C18H23N. The molecule has 0 aliphatic rings. The molecule has 0 saturated carbocycles. The molecule has 0 fully saturated rings. The second-order valence-electron chi connectivity index (χ2n) is 6.19. The summed E-state index contributed by atoms with van der Waals surface area (Å²) in [4.78, 5) is 0. The molecule has 0 amide bonds. The first-order chi connectivity index (χ1) is 8.91. The topological polar surface area (TPSA) is 26.0 Å². The van der Waals surface area contributed by atoms with Crippen LogP contribution in [0.2, 0.25) is 0 Å². The molecule has 0 aromatic heterocycles. The first kappa shape index (κ1) is 13.8. The molecule has 19 heavy (non-hydrogen) atoms. The van der Waals surface area contributed by atoms with Crippen molar-refractivity contribution < 1.29 is 0 Å². The van der Waals surface area contributed by atoms with Crippen molar-refractivity contribution in [3.63, 3.8) is 0 Å². The Morgan fingerprint density at radius 2 is 1.58 bits per heavy atom. The predicted molar refractivity (Wildman–Crippen MR) is 83.2 cm³/mol. The van der Waals surface area contributed by atoms with Crippen molar-refractivity contribution in [1.29, 1.82) is 0 Å². The molecule has 1 heteroatoms. The Balaban J connectivity index is 2.45. The SMILES string of the molecule is Cc1ccc(CN)c(-c2ccc(C(C)(C)C)cc2)c1. The molecule has 0 unspecified atom stereocenters. The van der Waals surface area contributed by atoms with Crippen LogP contribution in [-0.4, -0.2) is 0 Å². The van der Waals surface area contributed by atoms with Crippen LogP contribution in [0.15, 0.2) is 42.5 Å². The molecule has 1 nitrogen and oxygen atoms in total. The maximum absolute atomic E-state index is 5.84. The Hall–Kier alpha value is -1.60. The van der Waals surface area contributed by atoms with Gasteiger partial charge in [-0.05, 0) is 34.6 Å². The van der Waals surface area contributed by atoms with Crippen LogP contribution in [0.25, 0.3) is 11.1 Å². The van der Waals surface area contributed by atoms with E-state index in [9.17, 15) is 0 Å². The van der Waals surface area contributed by atoms with Gasteiger partial charge in [-0.15, -0.1) is 0 Å². The van der Waals surface area contributed by atoms with Crippen LogP contribution in [0.3, 0.4) is 0 Å². The van der Waals surface area contributed by atoms with Gasteiger partial charge in [0.1, 0.15) is 0 Å². The Kier molecular flexibility index (Phi) is 3.77. The lowest BCUT2D eigenvalue weighted by Gasteiger charge is -2.19. The largest absolute Gasteiger partial charge is 0.326 e. The van der Waals surface area contributed by atoms with E-state index < -0.39 is 0 Å². The molecule has 2 aromatic rings. The normalized spacial score (nSPS) is 11.6. The highest BCUT2D eigenvalue weighted by Gasteiger charge is 2.13. The summed E-state index contributed by atoms with van der Waals surface area (Å²) in [6.07, 6.45) is 0. The van der Waals surface area contributed by atoms with E-state index in [1.165, 1.54) is 27.8 Å². The number of rotatable bonds is 2. The number of aryl methyl sites for hydroxylation is 1. The van der Waals surface area contributed by atoms with Crippen LogP contribution in [0.5, 0.6) is 0 Å². The smallest absolute Gasteiger partial charge is 0.0184 e. The summed E-state index contributed by atoms with van der Waals surface area (Å²) in [6, 6.07) is 15.3. The lowest BCUT2D eigenvalue weighted by atomic mass is 9.86. The molecule has 100 valence electrons. The maximum atomic E-state index is 5.84. The zero-order valence-corrected chi connectivity index (χ0v) is 12.3. The highest BCUT2D eigenvalue weighted by molar-refractivity contribution is 5.68. The van der Waals surface area contributed by atoms with E-state index in [4.69, 9.17) is 5.73 Å². The Morgan fingerprint density at radius 3 is 2.11 bits per heavy atom. The summed E-state index contributed by atoms with van der Waals surface area (Å²) in [7, 11) is 0. The Morgan fingerprint density at radius 1 is 0.947 bits per heavy atom. The third kappa shape index (κ3) is 3.05. The fourth-order valence-electron chi connectivity index (χ4n) is 2.29. The number of nitrogens with two attached hydrogens (primary N) is 1. The summed E-state index contributed by atoms with van der Waals surface area (Å²) < 4.78 is 0. The minimum absolute atomic E-state index is 0.196. The van der Waals surface area contributed by atoms with Gasteiger partial charge in [-0.25, -0.2) is 0 Å². The van der Waals surface area contributed by atoms with Gasteiger partial charge in [0, 0.05) is 6.54 Å². The summed E-state index contributed by atoms with van der Waals surface area (Å²) in [6.45, 7) is 9.41. The molecule has 0 heterocycles. The number of hydrogen-bond acceptors (Lipinski definition) is 1. The molecule has 0 saturated heterocycles. The summed E-state index contributed by atoms with van der Waals surface area (Å²) in [5.74, 6) is 0. The van der Waals surface area contributed by atoms with Gasteiger partial charge >= 0.3 is 0 Å². The predicted octanol–water partition coefficient (Wildman–Crippen LogP) is 4.42. The van der Waals surface area contributed by atoms with Gasteiger partial charge in [-0.2, -0.15) is 0 Å². The molecule has 2 N–H and O–H groups in total. The van der Waals surface area contributed by atoms with Crippen LogP contribution in [0.4, 0.5) is 0 Å². The zero-order chi connectivity index (χ0) is 14.0. The van der Waals surface area contributed by atoms with Crippen LogP contribution in [-0.2, 0) is 12.0 Å². The van der Waals surface area contributed by atoms with Crippen molar-refractivity contribution >= 4 is 0 Å². The van der Waals surface area contributed by atoms with Crippen molar-refractivity contribution in [2.45, 2.75) is 39.7 Å². The van der Waals surface area contributed by atoms with Crippen molar-refractivity contribution in [3.05, 3.63) is 59.2 Å². The van der Waals surface area contributed by atoms with Crippen molar-refractivity contribution in [3.8, 4) is 11.1 Å².